The highest BCUT2D eigenvalue weighted by atomic mass is 32.2. The fourth-order valence-electron chi connectivity index (χ4n) is 3.14. The zero-order chi connectivity index (χ0) is 18.9. The molecule has 5 nitrogen and oxygen atoms in total. The van der Waals surface area contributed by atoms with Crippen molar-refractivity contribution in [3.63, 3.8) is 0 Å². The SMILES string of the molecule is CCS(=O)(=O)Nc1ccc(NCc2cccc3c2OC(C)(C)C3)cc1C. The highest BCUT2D eigenvalue weighted by Gasteiger charge is 2.31. The van der Waals surface area contributed by atoms with E-state index in [1.807, 2.05) is 19.1 Å². The van der Waals surface area contributed by atoms with Gasteiger partial charge >= 0.3 is 0 Å². The molecule has 0 fully saturated rings. The highest BCUT2D eigenvalue weighted by Crippen LogP contribution is 2.37. The number of rotatable bonds is 6. The summed E-state index contributed by atoms with van der Waals surface area (Å²) >= 11 is 0. The third-order valence-corrected chi connectivity index (χ3v) is 5.82. The Kier molecular flexibility index (Phi) is 4.88. The van der Waals surface area contributed by atoms with E-state index >= 15 is 0 Å². The number of anilines is 2. The molecule has 0 unspecified atom stereocenters. The van der Waals surface area contributed by atoms with Crippen molar-refractivity contribution < 1.29 is 13.2 Å². The van der Waals surface area contributed by atoms with Crippen molar-refractivity contribution in [2.24, 2.45) is 0 Å². The smallest absolute Gasteiger partial charge is 0.232 e. The van der Waals surface area contributed by atoms with Crippen molar-refractivity contribution in [2.45, 2.75) is 46.3 Å². The number of aryl methyl sites for hydroxylation is 1. The average molecular weight is 375 g/mol. The van der Waals surface area contributed by atoms with E-state index < -0.39 is 10.0 Å². The molecule has 0 atom stereocenters. The largest absolute Gasteiger partial charge is 0.487 e. The lowest BCUT2D eigenvalue weighted by Gasteiger charge is -2.18. The lowest BCUT2D eigenvalue weighted by molar-refractivity contribution is 0.137. The van der Waals surface area contributed by atoms with Crippen molar-refractivity contribution >= 4 is 21.4 Å². The molecule has 2 aromatic carbocycles. The van der Waals surface area contributed by atoms with Crippen LogP contribution in [0.25, 0.3) is 0 Å². The standard InChI is InChI=1S/C20H26N2O3S/c1-5-26(23,24)22-18-10-9-17(11-14(18)2)21-13-16-8-6-7-15-12-20(3,4)25-19(15)16/h6-11,21-22H,5,12-13H2,1-4H3. The number of benzene rings is 2. The van der Waals surface area contributed by atoms with Gasteiger partial charge in [0.25, 0.3) is 0 Å². The fourth-order valence-corrected chi connectivity index (χ4v) is 3.85. The van der Waals surface area contributed by atoms with Crippen LogP contribution in [0.5, 0.6) is 5.75 Å². The molecule has 1 aliphatic rings. The zero-order valence-corrected chi connectivity index (χ0v) is 16.5. The van der Waals surface area contributed by atoms with Crippen molar-refractivity contribution in [1.82, 2.24) is 0 Å². The summed E-state index contributed by atoms with van der Waals surface area (Å²) in [6.45, 7) is 8.37. The van der Waals surface area contributed by atoms with Crippen LogP contribution >= 0.6 is 0 Å². The number of nitrogens with one attached hydrogen (secondary N) is 2. The lowest BCUT2D eigenvalue weighted by atomic mass is 10.0. The molecule has 1 aliphatic heterocycles. The normalized spacial score (nSPS) is 15.2. The quantitative estimate of drug-likeness (QED) is 0.799. The topological polar surface area (TPSA) is 67.4 Å². The molecule has 140 valence electrons. The average Bonchev–Trinajstić information content (AvgIpc) is 2.89. The molecule has 3 rings (SSSR count). The van der Waals surface area contributed by atoms with E-state index in [0.717, 1.165) is 29.0 Å². The first kappa shape index (κ1) is 18.6. The van der Waals surface area contributed by atoms with Crippen LogP contribution in [-0.4, -0.2) is 19.8 Å². The van der Waals surface area contributed by atoms with Gasteiger partial charge in [-0.3, -0.25) is 4.72 Å². The van der Waals surface area contributed by atoms with Crippen LogP contribution in [0.2, 0.25) is 0 Å². The van der Waals surface area contributed by atoms with E-state index in [1.165, 1.54) is 5.56 Å². The van der Waals surface area contributed by atoms with Gasteiger partial charge in [0.05, 0.1) is 11.4 Å². The molecule has 26 heavy (non-hydrogen) atoms. The van der Waals surface area contributed by atoms with Gasteiger partial charge < -0.3 is 10.1 Å². The molecule has 0 spiro atoms. The summed E-state index contributed by atoms with van der Waals surface area (Å²) in [6.07, 6.45) is 0.918. The summed E-state index contributed by atoms with van der Waals surface area (Å²) < 4.78 is 32.2. The Morgan fingerprint density at radius 2 is 1.96 bits per heavy atom. The van der Waals surface area contributed by atoms with E-state index in [1.54, 1.807) is 13.0 Å². The van der Waals surface area contributed by atoms with Crippen molar-refractivity contribution in [2.75, 3.05) is 15.8 Å². The van der Waals surface area contributed by atoms with Gasteiger partial charge in [0.1, 0.15) is 11.4 Å². The molecule has 1 heterocycles. The molecule has 2 N–H and O–H groups in total. The summed E-state index contributed by atoms with van der Waals surface area (Å²) in [5.74, 6) is 1.04. The lowest BCUT2D eigenvalue weighted by Crippen LogP contribution is -2.25. The number of sulfonamides is 1. The summed E-state index contributed by atoms with van der Waals surface area (Å²) in [4.78, 5) is 0. The highest BCUT2D eigenvalue weighted by molar-refractivity contribution is 7.92. The van der Waals surface area contributed by atoms with Crippen LogP contribution in [0, 0.1) is 6.92 Å². The maximum absolute atomic E-state index is 11.7. The minimum Gasteiger partial charge on any atom is -0.487 e. The van der Waals surface area contributed by atoms with Crippen molar-refractivity contribution in [1.29, 1.82) is 0 Å². The van der Waals surface area contributed by atoms with Gasteiger partial charge in [0.15, 0.2) is 0 Å². The monoisotopic (exact) mass is 374 g/mol. The molecule has 0 saturated heterocycles. The second-order valence-corrected chi connectivity index (χ2v) is 9.34. The van der Waals surface area contributed by atoms with Gasteiger partial charge in [0.2, 0.25) is 10.0 Å². The molecule has 0 amide bonds. The van der Waals surface area contributed by atoms with Crippen LogP contribution in [-0.2, 0) is 23.0 Å². The Morgan fingerprint density at radius 3 is 2.65 bits per heavy atom. The minimum atomic E-state index is -3.27. The van der Waals surface area contributed by atoms with E-state index in [-0.39, 0.29) is 11.4 Å². The summed E-state index contributed by atoms with van der Waals surface area (Å²) in [7, 11) is -3.27. The Bertz CT molecular complexity index is 921. The number of fused-ring (bicyclic) bond motifs is 1. The molecule has 0 radical (unpaired) electrons. The Balaban J connectivity index is 1.72. The minimum absolute atomic E-state index is 0.0574. The first-order chi connectivity index (χ1) is 12.2. The van der Waals surface area contributed by atoms with Gasteiger partial charge in [-0.25, -0.2) is 8.42 Å². The van der Waals surface area contributed by atoms with Crippen LogP contribution in [0.4, 0.5) is 11.4 Å². The molecule has 0 aliphatic carbocycles. The van der Waals surface area contributed by atoms with Crippen LogP contribution in [0.3, 0.4) is 0 Å². The van der Waals surface area contributed by atoms with E-state index in [4.69, 9.17) is 4.74 Å². The van der Waals surface area contributed by atoms with Gasteiger partial charge in [-0.2, -0.15) is 0 Å². The molecule has 2 aromatic rings. The number of ether oxygens (including phenoxy) is 1. The molecular weight excluding hydrogens is 348 g/mol. The van der Waals surface area contributed by atoms with E-state index in [9.17, 15) is 8.42 Å². The molecule has 0 aromatic heterocycles. The zero-order valence-electron chi connectivity index (χ0n) is 15.7. The maximum Gasteiger partial charge on any atom is 0.232 e. The summed E-state index contributed by atoms with van der Waals surface area (Å²) in [6, 6.07) is 11.9. The predicted molar refractivity (Wildman–Crippen MR) is 106 cm³/mol. The number of hydrogen-bond acceptors (Lipinski definition) is 4. The van der Waals surface area contributed by atoms with Gasteiger partial charge in [0, 0.05) is 24.2 Å². The molecular formula is C20H26N2O3S. The third kappa shape index (κ3) is 4.12. The first-order valence-corrected chi connectivity index (χ1v) is 10.5. The molecule has 0 bridgehead atoms. The Hall–Kier alpha value is -2.21. The Morgan fingerprint density at radius 1 is 1.19 bits per heavy atom. The van der Waals surface area contributed by atoms with Gasteiger partial charge in [-0.05, 0) is 57.0 Å². The fraction of sp³-hybridized carbons (Fsp3) is 0.400. The molecule has 6 heteroatoms. The second-order valence-electron chi connectivity index (χ2n) is 7.33. The third-order valence-electron chi connectivity index (χ3n) is 4.53. The van der Waals surface area contributed by atoms with Crippen LogP contribution in [0.15, 0.2) is 36.4 Å². The summed E-state index contributed by atoms with van der Waals surface area (Å²) in [5, 5.41) is 3.41. The predicted octanol–water partition coefficient (Wildman–Crippen LogP) is 4.08. The number of hydrogen-bond donors (Lipinski definition) is 2. The van der Waals surface area contributed by atoms with E-state index in [2.05, 4.69) is 42.1 Å². The van der Waals surface area contributed by atoms with Gasteiger partial charge in [-0.15, -0.1) is 0 Å². The maximum atomic E-state index is 11.7. The van der Waals surface area contributed by atoms with Crippen molar-refractivity contribution in [3.8, 4) is 5.75 Å². The van der Waals surface area contributed by atoms with Crippen LogP contribution in [0.1, 0.15) is 37.5 Å². The Labute approximate surface area is 155 Å². The molecule has 0 saturated carbocycles. The van der Waals surface area contributed by atoms with Gasteiger partial charge in [-0.1, -0.05) is 18.2 Å². The first-order valence-electron chi connectivity index (χ1n) is 8.84. The number of para-hydroxylation sites is 1. The van der Waals surface area contributed by atoms with E-state index in [0.29, 0.717) is 12.2 Å². The summed E-state index contributed by atoms with van der Waals surface area (Å²) in [5.41, 5.74) is 4.64. The second kappa shape index (κ2) is 6.83. The van der Waals surface area contributed by atoms with Crippen LogP contribution < -0.4 is 14.8 Å². The van der Waals surface area contributed by atoms with Crippen molar-refractivity contribution in [3.05, 3.63) is 53.1 Å².